The molecule has 4 heteroatoms. The number of anilines is 1. The molecule has 2 rings (SSSR count). The molecule has 0 aliphatic heterocycles. The maximum absolute atomic E-state index is 4.80. The van der Waals surface area contributed by atoms with E-state index in [0.29, 0.717) is 6.04 Å². The normalized spacial score (nSPS) is 16.9. The van der Waals surface area contributed by atoms with Gasteiger partial charge in [0.25, 0.3) is 0 Å². The molecule has 0 bridgehead atoms. The van der Waals surface area contributed by atoms with Crippen LogP contribution in [-0.4, -0.2) is 24.1 Å². The van der Waals surface area contributed by atoms with Crippen molar-refractivity contribution in [3.05, 3.63) is 10.6 Å². The summed E-state index contributed by atoms with van der Waals surface area (Å²) in [6, 6.07) is 1.33. The van der Waals surface area contributed by atoms with Crippen molar-refractivity contribution in [2.24, 2.45) is 0 Å². The minimum absolute atomic E-state index is 0.560. The first-order valence-electron chi connectivity index (χ1n) is 7.10. The zero-order valence-electron chi connectivity index (χ0n) is 12.0. The third kappa shape index (κ3) is 3.23. The van der Waals surface area contributed by atoms with Gasteiger partial charge in [0.15, 0.2) is 5.13 Å². The fourth-order valence-electron chi connectivity index (χ4n) is 1.92. The average Bonchev–Trinajstić information content (AvgIpc) is 3.13. The van der Waals surface area contributed by atoms with Crippen LogP contribution in [0.3, 0.4) is 0 Å². The smallest absolute Gasteiger partial charge is 0.185 e. The summed E-state index contributed by atoms with van der Waals surface area (Å²) >= 11 is 1.86. The van der Waals surface area contributed by atoms with Crippen LogP contribution in [0.5, 0.6) is 0 Å². The summed E-state index contributed by atoms with van der Waals surface area (Å²) in [5.41, 5.74) is 1.28. The quantitative estimate of drug-likeness (QED) is 0.822. The molecule has 0 aromatic carbocycles. The Morgan fingerprint density at radius 2 is 2.17 bits per heavy atom. The van der Waals surface area contributed by atoms with Gasteiger partial charge in [0, 0.05) is 30.6 Å². The summed E-state index contributed by atoms with van der Waals surface area (Å²) in [6.07, 6.45) is 4.89. The van der Waals surface area contributed by atoms with Crippen molar-refractivity contribution >= 4 is 16.5 Å². The molecular formula is C14H25N3S. The Bertz CT molecular complexity index is 384. The van der Waals surface area contributed by atoms with Gasteiger partial charge in [-0.25, -0.2) is 4.98 Å². The Balaban J connectivity index is 2.06. The van der Waals surface area contributed by atoms with Gasteiger partial charge in [-0.1, -0.05) is 13.8 Å². The van der Waals surface area contributed by atoms with Crippen molar-refractivity contribution < 1.29 is 0 Å². The van der Waals surface area contributed by atoms with E-state index in [0.717, 1.165) is 25.4 Å². The van der Waals surface area contributed by atoms with Crippen LogP contribution in [0.4, 0.5) is 5.13 Å². The van der Waals surface area contributed by atoms with Crippen LogP contribution in [-0.2, 0) is 13.0 Å². The molecule has 102 valence electrons. The van der Waals surface area contributed by atoms with Crippen molar-refractivity contribution in [2.45, 2.75) is 65.1 Å². The highest BCUT2D eigenvalue weighted by Gasteiger charge is 2.22. The number of rotatable bonds is 7. The summed E-state index contributed by atoms with van der Waals surface area (Å²) < 4.78 is 0. The number of aryl methyl sites for hydroxylation is 1. The number of hydrogen-bond acceptors (Lipinski definition) is 4. The first-order chi connectivity index (χ1) is 8.65. The van der Waals surface area contributed by atoms with E-state index in [-0.39, 0.29) is 0 Å². The molecule has 1 heterocycles. The Labute approximate surface area is 115 Å². The van der Waals surface area contributed by atoms with Gasteiger partial charge in [-0.15, -0.1) is 11.3 Å². The fourth-order valence-corrected chi connectivity index (χ4v) is 3.09. The number of aromatic nitrogens is 1. The monoisotopic (exact) mass is 267 g/mol. The first-order valence-corrected chi connectivity index (χ1v) is 7.92. The molecule has 0 spiro atoms. The first kappa shape index (κ1) is 13.8. The van der Waals surface area contributed by atoms with Gasteiger partial charge in [-0.3, -0.25) is 0 Å². The van der Waals surface area contributed by atoms with Gasteiger partial charge in [-0.2, -0.15) is 0 Å². The van der Waals surface area contributed by atoms with E-state index in [1.807, 2.05) is 11.3 Å². The Hall–Kier alpha value is -0.610. The van der Waals surface area contributed by atoms with Crippen molar-refractivity contribution in [1.82, 2.24) is 10.3 Å². The zero-order valence-corrected chi connectivity index (χ0v) is 12.8. The molecule has 1 unspecified atom stereocenters. The molecule has 0 saturated heterocycles. The highest BCUT2D eigenvalue weighted by molar-refractivity contribution is 7.15. The third-order valence-electron chi connectivity index (χ3n) is 3.78. The molecule has 18 heavy (non-hydrogen) atoms. The Morgan fingerprint density at radius 3 is 2.72 bits per heavy atom. The second-order valence-corrected chi connectivity index (χ2v) is 6.31. The van der Waals surface area contributed by atoms with E-state index in [4.69, 9.17) is 4.98 Å². The predicted molar refractivity (Wildman–Crippen MR) is 79.5 cm³/mol. The van der Waals surface area contributed by atoms with Crippen LogP contribution in [0.15, 0.2) is 0 Å². The van der Waals surface area contributed by atoms with Gasteiger partial charge in [0.1, 0.15) is 0 Å². The van der Waals surface area contributed by atoms with Gasteiger partial charge in [0.05, 0.1) is 5.69 Å². The molecular weight excluding hydrogens is 242 g/mol. The number of thiazole rings is 1. The van der Waals surface area contributed by atoms with Crippen molar-refractivity contribution in [3.63, 3.8) is 0 Å². The molecule has 1 atom stereocenters. The number of hydrogen-bond donors (Lipinski definition) is 1. The van der Waals surface area contributed by atoms with Crippen molar-refractivity contribution in [2.75, 3.05) is 11.9 Å². The lowest BCUT2D eigenvalue weighted by molar-refractivity contribution is 0.661. The highest BCUT2D eigenvalue weighted by Crippen LogP contribution is 2.29. The van der Waals surface area contributed by atoms with E-state index in [1.54, 1.807) is 0 Å². The maximum Gasteiger partial charge on any atom is 0.185 e. The highest BCUT2D eigenvalue weighted by atomic mass is 32.1. The van der Waals surface area contributed by atoms with Crippen molar-refractivity contribution in [1.29, 1.82) is 0 Å². The molecule has 0 radical (unpaired) electrons. The minimum Gasteiger partial charge on any atom is -0.348 e. The Morgan fingerprint density at radius 1 is 1.44 bits per heavy atom. The van der Waals surface area contributed by atoms with E-state index in [1.165, 1.54) is 28.5 Å². The SMILES string of the molecule is CCc1nc(N(C)C(C)CC)sc1CNC1CC1. The fraction of sp³-hybridized carbons (Fsp3) is 0.786. The predicted octanol–water partition coefficient (Wildman–Crippen LogP) is 3.19. The van der Waals surface area contributed by atoms with E-state index < -0.39 is 0 Å². The molecule has 1 saturated carbocycles. The molecule has 3 nitrogen and oxygen atoms in total. The molecule has 1 fully saturated rings. The summed E-state index contributed by atoms with van der Waals surface area (Å²) in [6.45, 7) is 7.68. The van der Waals surface area contributed by atoms with Gasteiger partial charge in [-0.05, 0) is 32.6 Å². The maximum atomic E-state index is 4.80. The number of nitrogens with one attached hydrogen (secondary N) is 1. The van der Waals surface area contributed by atoms with Crippen LogP contribution in [0.25, 0.3) is 0 Å². The van der Waals surface area contributed by atoms with Crippen molar-refractivity contribution in [3.8, 4) is 0 Å². The molecule has 1 aliphatic carbocycles. The van der Waals surface area contributed by atoms with E-state index >= 15 is 0 Å². The second-order valence-electron chi connectivity index (χ2n) is 5.24. The third-order valence-corrected chi connectivity index (χ3v) is 4.97. The van der Waals surface area contributed by atoms with Gasteiger partial charge < -0.3 is 10.2 Å². The summed E-state index contributed by atoms with van der Waals surface area (Å²) in [7, 11) is 2.16. The van der Waals surface area contributed by atoms with E-state index in [9.17, 15) is 0 Å². The van der Waals surface area contributed by atoms with Crippen LogP contribution < -0.4 is 10.2 Å². The molecule has 1 aromatic heterocycles. The average molecular weight is 267 g/mol. The lowest BCUT2D eigenvalue weighted by Gasteiger charge is -2.22. The van der Waals surface area contributed by atoms with Gasteiger partial charge >= 0.3 is 0 Å². The summed E-state index contributed by atoms with van der Waals surface area (Å²) in [4.78, 5) is 8.54. The minimum atomic E-state index is 0.560. The number of nitrogens with zero attached hydrogens (tertiary/aromatic N) is 2. The van der Waals surface area contributed by atoms with Crippen LogP contribution >= 0.6 is 11.3 Å². The van der Waals surface area contributed by atoms with Gasteiger partial charge in [0.2, 0.25) is 0 Å². The van der Waals surface area contributed by atoms with Crippen LogP contribution in [0.2, 0.25) is 0 Å². The molecule has 1 aromatic rings. The van der Waals surface area contributed by atoms with E-state index in [2.05, 4.69) is 38.0 Å². The summed E-state index contributed by atoms with van der Waals surface area (Å²) in [5.74, 6) is 0. The lowest BCUT2D eigenvalue weighted by Crippen LogP contribution is -2.27. The molecule has 1 N–H and O–H groups in total. The van der Waals surface area contributed by atoms with Crippen LogP contribution in [0, 0.1) is 0 Å². The molecule has 1 aliphatic rings. The molecule has 0 amide bonds. The Kier molecular flexibility index (Phi) is 4.62. The standard InChI is InChI=1S/C14H25N3S/c1-5-10(3)17(4)14-16-12(6-2)13(18-14)9-15-11-7-8-11/h10-11,15H,5-9H2,1-4H3. The lowest BCUT2D eigenvalue weighted by atomic mass is 10.2. The second kappa shape index (κ2) is 6.02. The summed E-state index contributed by atoms with van der Waals surface area (Å²) in [5, 5.41) is 4.77. The topological polar surface area (TPSA) is 28.2 Å². The van der Waals surface area contributed by atoms with Crippen LogP contribution in [0.1, 0.15) is 50.6 Å². The zero-order chi connectivity index (χ0) is 13.1. The largest absolute Gasteiger partial charge is 0.348 e.